The molecule has 13 heteroatoms. The average molecular weight is 660 g/mol. The number of carbonyl (C=O) groups excluding carboxylic acids is 2. The molecule has 1 aliphatic rings. The van der Waals surface area contributed by atoms with Crippen LogP contribution in [0.25, 0.3) is 0 Å². The molecular formula is C34H41F4N5O4. The molecule has 3 unspecified atom stereocenters. The Morgan fingerprint density at radius 1 is 1.04 bits per heavy atom. The van der Waals surface area contributed by atoms with Crippen molar-refractivity contribution in [1.29, 1.82) is 0 Å². The number of ether oxygens (including phenoxy) is 2. The van der Waals surface area contributed by atoms with Crippen molar-refractivity contribution in [3.63, 3.8) is 0 Å². The van der Waals surface area contributed by atoms with E-state index in [-0.39, 0.29) is 47.2 Å². The lowest BCUT2D eigenvalue weighted by molar-refractivity contribution is -0.139. The predicted octanol–water partition coefficient (Wildman–Crippen LogP) is 7.88. The number of nitrogens with zero attached hydrogens (tertiary/aromatic N) is 3. The Hall–Kier alpha value is -4.42. The van der Waals surface area contributed by atoms with E-state index >= 15 is 4.39 Å². The molecule has 1 heterocycles. The van der Waals surface area contributed by atoms with Crippen molar-refractivity contribution < 1.29 is 36.6 Å². The lowest BCUT2D eigenvalue weighted by Gasteiger charge is -2.28. The van der Waals surface area contributed by atoms with Crippen LogP contribution in [0.5, 0.6) is 17.4 Å². The number of hydrogen-bond acceptors (Lipinski definition) is 7. The number of halogens is 4. The summed E-state index contributed by atoms with van der Waals surface area (Å²) in [6.45, 7) is 8.11. The zero-order valence-electron chi connectivity index (χ0n) is 27.2. The van der Waals surface area contributed by atoms with E-state index in [0.717, 1.165) is 38.2 Å². The van der Waals surface area contributed by atoms with Crippen molar-refractivity contribution in [2.75, 3.05) is 19.0 Å². The van der Waals surface area contributed by atoms with Crippen molar-refractivity contribution in [1.82, 2.24) is 20.2 Å². The minimum absolute atomic E-state index is 0.0125. The predicted molar refractivity (Wildman–Crippen MR) is 169 cm³/mol. The highest BCUT2D eigenvalue weighted by Gasteiger charge is 2.37. The van der Waals surface area contributed by atoms with Gasteiger partial charge in [0.2, 0.25) is 17.7 Å². The average Bonchev–Trinajstić information content (AvgIpc) is 3.01. The van der Waals surface area contributed by atoms with E-state index in [1.165, 1.54) is 31.1 Å². The van der Waals surface area contributed by atoms with Gasteiger partial charge in [0.05, 0.1) is 18.4 Å². The molecule has 0 bridgehead atoms. The highest BCUT2D eigenvalue weighted by atomic mass is 19.4. The summed E-state index contributed by atoms with van der Waals surface area (Å²) in [5.74, 6) is -1.52. The van der Waals surface area contributed by atoms with Gasteiger partial charge in [0.15, 0.2) is 0 Å². The van der Waals surface area contributed by atoms with Crippen molar-refractivity contribution in [2.45, 2.75) is 78.6 Å². The third-order valence-electron chi connectivity index (χ3n) is 8.70. The molecule has 0 aliphatic heterocycles. The fourth-order valence-electron chi connectivity index (χ4n) is 5.57. The normalized spacial score (nSPS) is 18.4. The van der Waals surface area contributed by atoms with Gasteiger partial charge in [-0.05, 0) is 50.2 Å². The number of para-hydroxylation sites is 1. The standard InChI is InChI=1S/C34H41F4N5O4/c1-6-43(22(4)44)19-23-11-7-8-13-29(23)47-32-26(34(36,37)38)18-39-33(42-32)41-28-17-27(35)25(16-30(28)46-5)31(45)40-24-12-9-10-20(2)21(3)14-15-24/h7-8,11,13,16-18,20-21,24H,6,9-10,12,14-15,19H2,1-5H3,(H,40,45)(H,39,41,42). The van der Waals surface area contributed by atoms with E-state index < -0.39 is 29.3 Å². The first-order chi connectivity index (χ1) is 22.3. The minimum atomic E-state index is -4.86. The first-order valence-corrected chi connectivity index (χ1v) is 15.7. The smallest absolute Gasteiger partial charge is 0.423 e. The van der Waals surface area contributed by atoms with E-state index in [1.807, 2.05) is 0 Å². The summed E-state index contributed by atoms with van der Waals surface area (Å²) in [6.07, 6.45) is 0.286. The third-order valence-corrected chi connectivity index (χ3v) is 8.70. The van der Waals surface area contributed by atoms with Gasteiger partial charge in [-0.25, -0.2) is 9.37 Å². The molecule has 1 aromatic heterocycles. The van der Waals surface area contributed by atoms with E-state index in [2.05, 4.69) is 34.4 Å². The summed E-state index contributed by atoms with van der Waals surface area (Å²) in [6, 6.07) is 8.52. The quantitative estimate of drug-likeness (QED) is 0.213. The second-order valence-corrected chi connectivity index (χ2v) is 11.9. The Morgan fingerprint density at radius 3 is 2.45 bits per heavy atom. The summed E-state index contributed by atoms with van der Waals surface area (Å²) >= 11 is 0. The molecule has 1 saturated carbocycles. The number of amides is 2. The summed E-state index contributed by atoms with van der Waals surface area (Å²) in [5, 5.41) is 5.64. The van der Waals surface area contributed by atoms with Crippen molar-refractivity contribution in [3.05, 3.63) is 65.1 Å². The monoisotopic (exact) mass is 659 g/mol. The molecule has 0 spiro atoms. The number of methoxy groups -OCH3 is 1. The second kappa shape index (κ2) is 15.4. The first kappa shape index (κ1) is 35.4. The Morgan fingerprint density at radius 2 is 1.77 bits per heavy atom. The summed E-state index contributed by atoms with van der Waals surface area (Å²) in [4.78, 5) is 34.3. The topological polar surface area (TPSA) is 106 Å². The molecule has 0 radical (unpaired) electrons. The maximum atomic E-state index is 15.4. The molecule has 4 rings (SSSR count). The number of anilines is 2. The molecule has 3 aromatic rings. The van der Waals surface area contributed by atoms with Crippen LogP contribution in [0.2, 0.25) is 0 Å². The Labute approximate surface area is 272 Å². The SMILES string of the molecule is CCN(Cc1ccccc1Oc1nc(Nc2cc(F)c(C(=O)NC3CCCC(C)C(C)CC3)cc2OC)ncc1C(F)(F)F)C(C)=O. The first-order valence-electron chi connectivity index (χ1n) is 15.7. The van der Waals surface area contributed by atoms with Crippen molar-refractivity contribution in [3.8, 4) is 17.4 Å². The zero-order chi connectivity index (χ0) is 34.3. The van der Waals surface area contributed by atoms with Crippen LogP contribution in [0, 0.1) is 17.7 Å². The van der Waals surface area contributed by atoms with Crippen LogP contribution in [0.15, 0.2) is 42.6 Å². The van der Waals surface area contributed by atoms with Crippen LogP contribution in [0.3, 0.4) is 0 Å². The summed E-state index contributed by atoms with van der Waals surface area (Å²) < 4.78 is 68.4. The zero-order valence-corrected chi connectivity index (χ0v) is 27.2. The van der Waals surface area contributed by atoms with Crippen molar-refractivity contribution in [2.24, 2.45) is 11.8 Å². The number of carbonyl (C=O) groups is 2. The maximum absolute atomic E-state index is 15.4. The molecule has 47 heavy (non-hydrogen) atoms. The highest BCUT2D eigenvalue weighted by molar-refractivity contribution is 5.96. The number of benzene rings is 2. The number of nitrogens with one attached hydrogen (secondary N) is 2. The minimum Gasteiger partial charge on any atom is -0.495 e. The summed E-state index contributed by atoms with van der Waals surface area (Å²) in [7, 11) is 1.32. The molecule has 2 N–H and O–H groups in total. The van der Waals surface area contributed by atoms with E-state index in [0.29, 0.717) is 30.1 Å². The van der Waals surface area contributed by atoms with Crippen molar-refractivity contribution >= 4 is 23.5 Å². The third kappa shape index (κ3) is 9.11. The lowest BCUT2D eigenvalue weighted by atomic mass is 9.82. The Bertz CT molecular complexity index is 1570. The fourth-order valence-corrected chi connectivity index (χ4v) is 5.57. The van der Waals surface area contributed by atoms with Gasteiger partial charge in [-0.15, -0.1) is 0 Å². The number of aromatic nitrogens is 2. The van der Waals surface area contributed by atoms with E-state index in [4.69, 9.17) is 9.47 Å². The molecule has 2 aromatic carbocycles. The molecule has 2 amide bonds. The van der Waals surface area contributed by atoms with Gasteiger partial charge in [0, 0.05) is 43.9 Å². The van der Waals surface area contributed by atoms with Gasteiger partial charge in [-0.2, -0.15) is 18.2 Å². The summed E-state index contributed by atoms with van der Waals surface area (Å²) in [5.41, 5.74) is -1.01. The van der Waals surface area contributed by atoms with Gasteiger partial charge >= 0.3 is 6.18 Å². The van der Waals surface area contributed by atoms with Gasteiger partial charge in [-0.1, -0.05) is 44.9 Å². The molecular weight excluding hydrogens is 618 g/mol. The van der Waals surface area contributed by atoms with E-state index in [1.54, 1.807) is 25.1 Å². The lowest BCUT2D eigenvalue weighted by Crippen LogP contribution is -2.36. The van der Waals surface area contributed by atoms with Gasteiger partial charge in [0.25, 0.3) is 5.91 Å². The second-order valence-electron chi connectivity index (χ2n) is 11.9. The molecule has 1 fully saturated rings. The molecule has 254 valence electrons. The van der Waals surface area contributed by atoms with Crippen LogP contribution in [-0.2, 0) is 17.5 Å². The van der Waals surface area contributed by atoms with Crippen LogP contribution >= 0.6 is 0 Å². The molecule has 1 aliphatic carbocycles. The largest absolute Gasteiger partial charge is 0.495 e. The maximum Gasteiger partial charge on any atom is 0.423 e. The van der Waals surface area contributed by atoms with Crippen LogP contribution in [-0.4, -0.2) is 46.4 Å². The highest BCUT2D eigenvalue weighted by Crippen LogP contribution is 2.39. The van der Waals surface area contributed by atoms with Crippen LogP contribution in [0.4, 0.5) is 29.2 Å². The molecule has 0 saturated heterocycles. The number of hydrogen-bond donors (Lipinski definition) is 2. The molecule has 9 nitrogen and oxygen atoms in total. The Balaban J connectivity index is 1.59. The van der Waals surface area contributed by atoms with Gasteiger partial charge in [-0.3, -0.25) is 9.59 Å². The molecule has 3 atom stereocenters. The fraction of sp³-hybridized carbons (Fsp3) is 0.471. The van der Waals surface area contributed by atoms with Crippen LogP contribution < -0.4 is 20.1 Å². The van der Waals surface area contributed by atoms with Crippen LogP contribution in [0.1, 0.15) is 81.3 Å². The van der Waals surface area contributed by atoms with Gasteiger partial charge < -0.3 is 25.0 Å². The van der Waals surface area contributed by atoms with E-state index in [9.17, 15) is 22.8 Å². The number of rotatable bonds is 10. The van der Waals surface area contributed by atoms with Gasteiger partial charge in [0.1, 0.15) is 22.9 Å². The number of alkyl halides is 3. The Kier molecular flexibility index (Phi) is 11.6.